The van der Waals surface area contributed by atoms with Crippen LogP contribution in [0.4, 0.5) is 0 Å². The quantitative estimate of drug-likeness (QED) is 0.752. The van der Waals surface area contributed by atoms with Crippen LogP contribution in [0.3, 0.4) is 0 Å². The van der Waals surface area contributed by atoms with Gasteiger partial charge in [0.1, 0.15) is 5.69 Å². The van der Waals surface area contributed by atoms with Crippen LogP contribution in [-0.4, -0.2) is 48.4 Å². The van der Waals surface area contributed by atoms with Gasteiger partial charge >= 0.3 is 0 Å². The molecule has 7 heteroatoms. The number of nitrogens with zero attached hydrogens (tertiary/aromatic N) is 2. The number of likely N-dealkylation sites (N-methyl/N-ethyl adjacent to an activating group) is 1. The largest absolute Gasteiger partial charge is 0.345 e. The molecule has 0 fully saturated rings. The van der Waals surface area contributed by atoms with Crippen molar-refractivity contribution in [2.24, 2.45) is 5.73 Å². The SMILES string of the molecule is CCN(C)C(=O)CNC(=O)c1csc(CCN)n1. The van der Waals surface area contributed by atoms with Gasteiger partial charge in [-0.3, -0.25) is 9.59 Å². The lowest BCUT2D eigenvalue weighted by atomic mass is 10.4. The van der Waals surface area contributed by atoms with Crippen molar-refractivity contribution in [3.63, 3.8) is 0 Å². The number of nitrogens with one attached hydrogen (secondary N) is 1. The highest BCUT2D eigenvalue weighted by Gasteiger charge is 2.13. The first-order valence-corrected chi connectivity index (χ1v) is 6.63. The highest BCUT2D eigenvalue weighted by atomic mass is 32.1. The van der Waals surface area contributed by atoms with Crippen LogP contribution in [0.25, 0.3) is 0 Å². The Kier molecular flexibility index (Phi) is 5.73. The molecule has 18 heavy (non-hydrogen) atoms. The Morgan fingerprint density at radius 2 is 2.28 bits per heavy atom. The van der Waals surface area contributed by atoms with Crippen molar-refractivity contribution in [3.8, 4) is 0 Å². The zero-order valence-corrected chi connectivity index (χ0v) is 11.4. The number of aromatic nitrogens is 1. The fourth-order valence-corrected chi connectivity index (χ4v) is 2.01. The van der Waals surface area contributed by atoms with Crippen LogP contribution in [0.2, 0.25) is 0 Å². The third-order valence-electron chi connectivity index (χ3n) is 2.44. The summed E-state index contributed by atoms with van der Waals surface area (Å²) in [6.45, 7) is 2.99. The Hall–Kier alpha value is -1.47. The summed E-state index contributed by atoms with van der Waals surface area (Å²) in [5.74, 6) is -0.448. The van der Waals surface area contributed by atoms with E-state index in [4.69, 9.17) is 5.73 Å². The van der Waals surface area contributed by atoms with Crippen molar-refractivity contribution in [2.75, 3.05) is 26.7 Å². The average Bonchev–Trinajstić information content (AvgIpc) is 2.83. The minimum Gasteiger partial charge on any atom is -0.345 e. The maximum atomic E-state index is 11.7. The molecule has 6 nitrogen and oxygen atoms in total. The molecule has 0 atom stereocenters. The number of hydrogen-bond donors (Lipinski definition) is 2. The van der Waals surface area contributed by atoms with E-state index in [1.54, 1.807) is 17.3 Å². The lowest BCUT2D eigenvalue weighted by Crippen LogP contribution is -2.38. The first kappa shape index (κ1) is 14.6. The molecule has 0 radical (unpaired) electrons. The van der Waals surface area contributed by atoms with Gasteiger partial charge in [-0.2, -0.15) is 0 Å². The Morgan fingerprint density at radius 3 is 2.89 bits per heavy atom. The number of rotatable bonds is 6. The van der Waals surface area contributed by atoms with Gasteiger partial charge in [-0.1, -0.05) is 0 Å². The molecule has 0 saturated carbocycles. The van der Waals surface area contributed by atoms with Crippen molar-refractivity contribution in [2.45, 2.75) is 13.3 Å². The molecule has 0 aliphatic carbocycles. The van der Waals surface area contributed by atoms with Crippen molar-refractivity contribution >= 4 is 23.2 Å². The van der Waals surface area contributed by atoms with Crippen LogP contribution in [0.1, 0.15) is 22.4 Å². The standard InChI is InChI=1S/C11H18N4O2S/c1-3-15(2)10(16)6-13-11(17)8-7-18-9(14-8)4-5-12/h7H,3-6,12H2,1-2H3,(H,13,17). The molecule has 0 saturated heterocycles. The van der Waals surface area contributed by atoms with Crippen molar-refractivity contribution in [1.29, 1.82) is 0 Å². The third-order valence-corrected chi connectivity index (χ3v) is 3.35. The van der Waals surface area contributed by atoms with E-state index in [9.17, 15) is 9.59 Å². The zero-order chi connectivity index (χ0) is 13.5. The van der Waals surface area contributed by atoms with Crippen LogP contribution in [-0.2, 0) is 11.2 Å². The number of thiazole rings is 1. The Labute approximate surface area is 110 Å². The Morgan fingerprint density at radius 1 is 1.56 bits per heavy atom. The third kappa shape index (κ3) is 4.08. The number of nitrogens with two attached hydrogens (primary N) is 1. The van der Waals surface area contributed by atoms with E-state index in [1.807, 2.05) is 6.92 Å². The Balaban J connectivity index is 2.47. The molecular formula is C11H18N4O2S. The van der Waals surface area contributed by atoms with Crippen molar-refractivity contribution in [1.82, 2.24) is 15.2 Å². The smallest absolute Gasteiger partial charge is 0.271 e. The normalized spacial score (nSPS) is 10.2. The number of amides is 2. The van der Waals surface area contributed by atoms with Gasteiger partial charge in [0.2, 0.25) is 5.91 Å². The van der Waals surface area contributed by atoms with Gasteiger partial charge in [0.05, 0.1) is 11.6 Å². The lowest BCUT2D eigenvalue weighted by Gasteiger charge is -2.14. The highest BCUT2D eigenvalue weighted by molar-refractivity contribution is 7.09. The second-order valence-electron chi connectivity index (χ2n) is 3.76. The molecule has 2 amide bonds. The second kappa shape index (κ2) is 7.07. The van der Waals surface area contributed by atoms with E-state index in [0.717, 1.165) is 5.01 Å². The predicted molar refractivity (Wildman–Crippen MR) is 70.5 cm³/mol. The average molecular weight is 270 g/mol. The number of hydrogen-bond acceptors (Lipinski definition) is 5. The second-order valence-corrected chi connectivity index (χ2v) is 4.70. The predicted octanol–water partition coefficient (Wildman–Crippen LogP) is -0.148. The van der Waals surface area contributed by atoms with Crippen molar-refractivity contribution < 1.29 is 9.59 Å². The van der Waals surface area contributed by atoms with Gasteiger partial charge in [-0.25, -0.2) is 4.98 Å². The minimum atomic E-state index is -0.327. The lowest BCUT2D eigenvalue weighted by molar-refractivity contribution is -0.128. The molecule has 0 bridgehead atoms. The fourth-order valence-electron chi connectivity index (χ4n) is 1.21. The van der Waals surface area contributed by atoms with E-state index in [1.165, 1.54) is 11.3 Å². The summed E-state index contributed by atoms with van der Waals surface area (Å²) in [4.78, 5) is 28.9. The maximum Gasteiger partial charge on any atom is 0.271 e. The summed E-state index contributed by atoms with van der Waals surface area (Å²) in [7, 11) is 1.69. The fraction of sp³-hybridized carbons (Fsp3) is 0.545. The monoisotopic (exact) mass is 270 g/mol. The van der Waals surface area contributed by atoms with Crippen LogP contribution in [0.5, 0.6) is 0 Å². The minimum absolute atomic E-state index is 0.00702. The molecule has 0 aliphatic rings. The van der Waals surface area contributed by atoms with E-state index >= 15 is 0 Å². The molecule has 0 aromatic carbocycles. The zero-order valence-electron chi connectivity index (χ0n) is 10.6. The number of carbonyl (C=O) groups is 2. The van der Waals surface area contributed by atoms with Gasteiger partial charge in [0.25, 0.3) is 5.91 Å². The van der Waals surface area contributed by atoms with Gasteiger partial charge in [0, 0.05) is 25.4 Å². The van der Waals surface area contributed by atoms with E-state index < -0.39 is 0 Å². The summed E-state index contributed by atoms with van der Waals surface area (Å²) in [6, 6.07) is 0. The summed E-state index contributed by atoms with van der Waals surface area (Å²) >= 11 is 1.40. The van der Waals surface area contributed by atoms with Gasteiger partial charge in [-0.05, 0) is 13.5 Å². The van der Waals surface area contributed by atoms with Crippen molar-refractivity contribution in [3.05, 3.63) is 16.1 Å². The molecule has 1 aromatic rings. The summed E-state index contributed by atoms with van der Waals surface area (Å²) < 4.78 is 0. The molecule has 1 aromatic heterocycles. The van der Waals surface area contributed by atoms with Crippen LogP contribution in [0, 0.1) is 0 Å². The van der Waals surface area contributed by atoms with Gasteiger partial charge in [-0.15, -0.1) is 11.3 Å². The van der Waals surface area contributed by atoms with Crippen LogP contribution < -0.4 is 11.1 Å². The molecular weight excluding hydrogens is 252 g/mol. The van der Waals surface area contributed by atoms with E-state index in [0.29, 0.717) is 25.2 Å². The summed E-state index contributed by atoms with van der Waals surface area (Å²) in [5.41, 5.74) is 5.75. The van der Waals surface area contributed by atoms with Crippen LogP contribution >= 0.6 is 11.3 Å². The first-order chi connectivity index (χ1) is 8.58. The number of carbonyl (C=O) groups excluding carboxylic acids is 2. The topological polar surface area (TPSA) is 88.3 Å². The summed E-state index contributed by atoms with van der Waals surface area (Å²) in [5, 5.41) is 5.06. The van der Waals surface area contributed by atoms with Gasteiger partial charge < -0.3 is 16.0 Å². The molecule has 3 N–H and O–H groups in total. The Bertz CT molecular complexity index is 419. The molecule has 0 unspecified atom stereocenters. The molecule has 0 spiro atoms. The van der Waals surface area contributed by atoms with E-state index in [-0.39, 0.29) is 18.4 Å². The highest BCUT2D eigenvalue weighted by Crippen LogP contribution is 2.09. The molecule has 0 aliphatic heterocycles. The molecule has 1 rings (SSSR count). The summed E-state index contributed by atoms with van der Waals surface area (Å²) in [6.07, 6.45) is 0.662. The first-order valence-electron chi connectivity index (χ1n) is 5.75. The maximum absolute atomic E-state index is 11.7. The molecule has 100 valence electrons. The molecule has 1 heterocycles. The van der Waals surface area contributed by atoms with Gasteiger partial charge in [0.15, 0.2) is 0 Å². The van der Waals surface area contributed by atoms with Crippen LogP contribution in [0.15, 0.2) is 5.38 Å². The van der Waals surface area contributed by atoms with E-state index in [2.05, 4.69) is 10.3 Å².